The fraction of sp³-hybridized carbons (Fsp3) is 0.688. The van der Waals surface area contributed by atoms with Gasteiger partial charge in [0.1, 0.15) is 11.4 Å². The number of carbonyl (C=O) groups is 1. The number of H-pyrrole nitrogens is 1. The maximum Gasteiger partial charge on any atom is 0.264 e. The molecule has 2 rings (SSSR count). The molecule has 6 nitrogen and oxygen atoms in total. The molecule has 1 aliphatic rings. The van der Waals surface area contributed by atoms with Gasteiger partial charge < -0.3 is 15.6 Å². The molecule has 122 valence electrons. The van der Waals surface area contributed by atoms with Crippen molar-refractivity contribution in [3.63, 3.8) is 0 Å². The summed E-state index contributed by atoms with van der Waals surface area (Å²) in [6.07, 6.45) is 0.872. The van der Waals surface area contributed by atoms with Crippen LogP contribution in [-0.2, 0) is 5.41 Å². The van der Waals surface area contributed by atoms with Gasteiger partial charge in [-0.15, -0.1) is 0 Å². The molecule has 2 atom stereocenters. The molecular formula is C16H26N4O2. The van der Waals surface area contributed by atoms with Crippen molar-refractivity contribution in [2.24, 2.45) is 5.92 Å². The van der Waals surface area contributed by atoms with Gasteiger partial charge in [0, 0.05) is 11.5 Å². The number of hydrogen-bond acceptors (Lipinski definition) is 4. The summed E-state index contributed by atoms with van der Waals surface area (Å²) in [5.41, 5.74) is -0.0225. The van der Waals surface area contributed by atoms with Crippen molar-refractivity contribution < 1.29 is 4.79 Å². The van der Waals surface area contributed by atoms with Crippen molar-refractivity contribution in [3.05, 3.63) is 27.4 Å². The maximum absolute atomic E-state index is 12.5. The van der Waals surface area contributed by atoms with Gasteiger partial charge in [-0.1, -0.05) is 27.7 Å². The molecule has 0 aromatic carbocycles. The van der Waals surface area contributed by atoms with Gasteiger partial charge in [0.05, 0.1) is 5.69 Å². The van der Waals surface area contributed by atoms with E-state index in [4.69, 9.17) is 0 Å². The fourth-order valence-corrected chi connectivity index (χ4v) is 2.68. The lowest BCUT2D eigenvalue weighted by Crippen LogP contribution is -2.49. The van der Waals surface area contributed by atoms with Crippen LogP contribution in [0.5, 0.6) is 0 Å². The fourth-order valence-electron chi connectivity index (χ4n) is 2.68. The van der Waals surface area contributed by atoms with Crippen molar-refractivity contribution in [1.82, 2.24) is 20.6 Å². The summed E-state index contributed by atoms with van der Waals surface area (Å²) >= 11 is 0. The van der Waals surface area contributed by atoms with Gasteiger partial charge >= 0.3 is 0 Å². The number of piperidine rings is 1. The molecular weight excluding hydrogens is 280 g/mol. The third-order valence-corrected chi connectivity index (χ3v) is 4.14. The number of carbonyl (C=O) groups excluding carboxylic acids is 1. The predicted molar refractivity (Wildman–Crippen MR) is 86.2 cm³/mol. The minimum Gasteiger partial charge on any atom is -0.349 e. The van der Waals surface area contributed by atoms with E-state index < -0.39 is 0 Å². The zero-order chi connectivity index (χ0) is 16.5. The number of aromatic amines is 1. The molecule has 0 aliphatic carbocycles. The molecule has 22 heavy (non-hydrogen) atoms. The molecule has 3 N–H and O–H groups in total. The number of rotatable bonds is 2. The molecule has 2 unspecified atom stereocenters. The Morgan fingerprint density at radius 1 is 1.36 bits per heavy atom. The van der Waals surface area contributed by atoms with Gasteiger partial charge in [0.15, 0.2) is 0 Å². The normalized spacial score (nSPS) is 22.4. The molecule has 1 amide bonds. The minimum atomic E-state index is -0.364. The van der Waals surface area contributed by atoms with E-state index in [0.29, 0.717) is 17.4 Å². The topological polar surface area (TPSA) is 86.9 Å². The second-order valence-corrected chi connectivity index (χ2v) is 7.17. The van der Waals surface area contributed by atoms with Crippen LogP contribution in [-0.4, -0.2) is 35.0 Å². The van der Waals surface area contributed by atoms with Crippen LogP contribution in [0, 0.1) is 12.8 Å². The quantitative estimate of drug-likeness (QED) is 0.764. The highest BCUT2D eigenvalue weighted by Gasteiger charge is 2.26. The number of amides is 1. The SMILES string of the molecule is Cc1nc(C(C)(C)C)[nH]c(=O)c1C(=O)NC1CCNCC1C. The molecule has 1 aromatic rings. The van der Waals surface area contributed by atoms with E-state index in [2.05, 4.69) is 27.5 Å². The maximum atomic E-state index is 12.5. The van der Waals surface area contributed by atoms with E-state index in [9.17, 15) is 9.59 Å². The number of nitrogens with one attached hydrogen (secondary N) is 3. The first-order chi connectivity index (χ1) is 10.2. The van der Waals surface area contributed by atoms with Crippen LogP contribution in [0.25, 0.3) is 0 Å². The molecule has 1 aromatic heterocycles. The van der Waals surface area contributed by atoms with Crippen LogP contribution >= 0.6 is 0 Å². The lowest BCUT2D eigenvalue weighted by molar-refractivity contribution is 0.0911. The van der Waals surface area contributed by atoms with Crippen LogP contribution in [0.3, 0.4) is 0 Å². The van der Waals surface area contributed by atoms with E-state index in [0.717, 1.165) is 19.5 Å². The summed E-state index contributed by atoms with van der Waals surface area (Å²) in [5.74, 6) is 0.617. The number of hydrogen-bond donors (Lipinski definition) is 3. The summed E-state index contributed by atoms with van der Waals surface area (Å²) in [6.45, 7) is 11.5. The highest BCUT2D eigenvalue weighted by atomic mass is 16.2. The van der Waals surface area contributed by atoms with Gasteiger partial charge in [-0.2, -0.15) is 0 Å². The molecule has 2 heterocycles. The molecule has 0 radical (unpaired) electrons. The standard InChI is InChI=1S/C16H26N4O2/c1-9-8-17-7-6-11(9)19-13(21)12-10(2)18-15(16(3,4)5)20-14(12)22/h9,11,17H,6-8H2,1-5H3,(H,19,21)(H,18,20,22). The molecule has 6 heteroatoms. The molecule has 0 saturated carbocycles. The second-order valence-electron chi connectivity index (χ2n) is 7.17. The van der Waals surface area contributed by atoms with Crippen molar-refractivity contribution in [3.8, 4) is 0 Å². The smallest absolute Gasteiger partial charge is 0.264 e. The van der Waals surface area contributed by atoms with Gasteiger partial charge in [-0.3, -0.25) is 9.59 Å². The van der Waals surface area contributed by atoms with Crippen molar-refractivity contribution in [1.29, 1.82) is 0 Å². The third kappa shape index (κ3) is 3.55. The number of aryl methyl sites for hydroxylation is 1. The highest BCUT2D eigenvalue weighted by molar-refractivity contribution is 5.95. The molecule has 1 fully saturated rings. The average molecular weight is 306 g/mol. The van der Waals surface area contributed by atoms with E-state index in [1.165, 1.54) is 0 Å². The summed E-state index contributed by atoms with van der Waals surface area (Å²) in [5, 5.41) is 6.28. The summed E-state index contributed by atoms with van der Waals surface area (Å²) in [7, 11) is 0. The molecule has 1 saturated heterocycles. The first-order valence-electron chi connectivity index (χ1n) is 7.83. The Bertz CT molecular complexity index is 616. The van der Waals surface area contributed by atoms with Gasteiger partial charge in [-0.05, 0) is 32.4 Å². The first kappa shape index (κ1) is 16.7. The predicted octanol–water partition coefficient (Wildman–Crippen LogP) is 1.10. The van der Waals surface area contributed by atoms with Crippen LogP contribution in [0.1, 0.15) is 56.0 Å². The summed E-state index contributed by atoms with van der Waals surface area (Å²) < 4.78 is 0. The zero-order valence-corrected chi connectivity index (χ0v) is 14.0. The van der Waals surface area contributed by atoms with Crippen LogP contribution < -0.4 is 16.2 Å². The Hall–Kier alpha value is -1.69. The van der Waals surface area contributed by atoms with Crippen molar-refractivity contribution >= 4 is 5.91 Å². The highest BCUT2D eigenvalue weighted by Crippen LogP contribution is 2.17. The minimum absolute atomic E-state index is 0.0924. The number of nitrogens with zero attached hydrogens (tertiary/aromatic N) is 1. The Kier molecular flexibility index (Phi) is 4.70. The zero-order valence-electron chi connectivity index (χ0n) is 14.0. The van der Waals surface area contributed by atoms with E-state index in [1.54, 1.807) is 6.92 Å². The van der Waals surface area contributed by atoms with Crippen molar-refractivity contribution in [2.45, 2.75) is 52.5 Å². The Morgan fingerprint density at radius 2 is 2.05 bits per heavy atom. The summed E-state index contributed by atoms with van der Waals surface area (Å²) in [4.78, 5) is 31.9. The van der Waals surface area contributed by atoms with E-state index in [1.807, 2.05) is 20.8 Å². The van der Waals surface area contributed by atoms with Crippen LogP contribution in [0.2, 0.25) is 0 Å². The van der Waals surface area contributed by atoms with Crippen LogP contribution in [0.4, 0.5) is 0 Å². The Morgan fingerprint density at radius 3 is 2.59 bits per heavy atom. The lowest BCUT2D eigenvalue weighted by Gasteiger charge is -2.30. The summed E-state index contributed by atoms with van der Waals surface area (Å²) in [6, 6.07) is 0.0924. The molecule has 1 aliphatic heterocycles. The number of aromatic nitrogens is 2. The Balaban J connectivity index is 2.25. The monoisotopic (exact) mass is 306 g/mol. The Labute approximate surface area is 131 Å². The van der Waals surface area contributed by atoms with Gasteiger partial charge in [0.25, 0.3) is 11.5 Å². The van der Waals surface area contributed by atoms with Gasteiger partial charge in [0.2, 0.25) is 0 Å². The van der Waals surface area contributed by atoms with E-state index >= 15 is 0 Å². The van der Waals surface area contributed by atoms with Crippen molar-refractivity contribution in [2.75, 3.05) is 13.1 Å². The van der Waals surface area contributed by atoms with E-state index in [-0.39, 0.29) is 28.5 Å². The lowest BCUT2D eigenvalue weighted by atomic mass is 9.94. The second kappa shape index (κ2) is 6.20. The van der Waals surface area contributed by atoms with Crippen LogP contribution in [0.15, 0.2) is 4.79 Å². The first-order valence-corrected chi connectivity index (χ1v) is 7.83. The molecule has 0 bridgehead atoms. The largest absolute Gasteiger partial charge is 0.349 e. The third-order valence-electron chi connectivity index (χ3n) is 4.14. The molecule has 0 spiro atoms. The average Bonchev–Trinajstić information content (AvgIpc) is 2.39. The van der Waals surface area contributed by atoms with Gasteiger partial charge in [-0.25, -0.2) is 4.98 Å².